The van der Waals surface area contributed by atoms with Gasteiger partial charge in [-0.3, -0.25) is 0 Å². The van der Waals surface area contributed by atoms with Crippen LogP contribution in [0, 0.1) is 0 Å². The van der Waals surface area contributed by atoms with Crippen LogP contribution in [0.4, 0.5) is 0 Å². The molecule has 56 valence electrons. The van der Waals surface area contributed by atoms with Gasteiger partial charge in [-0.15, -0.1) is 0 Å². The lowest BCUT2D eigenvalue weighted by Crippen LogP contribution is -2.11. The van der Waals surface area contributed by atoms with Crippen molar-refractivity contribution in [3.8, 4) is 0 Å². The standard InChI is InChI=1S/C8H14N2/c1-2-7(6-9)8-4-3-5-10-8/h3-5,7,10H,2,6,9H2,1H3. The van der Waals surface area contributed by atoms with Crippen molar-refractivity contribution < 1.29 is 0 Å². The average Bonchev–Trinajstić information content (AvgIpc) is 2.43. The Morgan fingerprint density at radius 3 is 2.90 bits per heavy atom. The van der Waals surface area contributed by atoms with Gasteiger partial charge in [-0.25, -0.2) is 0 Å². The van der Waals surface area contributed by atoms with Gasteiger partial charge in [0.2, 0.25) is 0 Å². The van der Waals surface area contributed by atoms with E-state index in [1.807, 2.05) is 12.3 Å². The molecule has 3 N–H and O–H groups in total. The van der Waals surface area contributed by atoms with E-state index in [1.54, 1.807) is 0 Å². The third-order valence-corrected chi connectivity index (χ3v) is 1.84. The summed E-state index contributed by atoms with van der Waals surface area (Å²) in [6.07, 6.45) is 3.05. The fourth-order valence-electron chi connectivity index (χ4n) is 1.11. The molecule has 0 aliphatic heterocycles. The van der Waals surface area contributed by atoms with Crippen LogP contribution in [0.25, 0.3) is 0 Å². The molecule has 2 heteroatoms. The Balaban J connectivity index is 2.64. The number of rotatable bonds is 3. The molecule has 1 aromatic heterocycles. The van der Waals surface area contributed by atoms with Crippen molar-refractivity contribution in [2.24, 2.45) is 5.73 Å². The van der Waals surface area contributed by atoms with Crippen LogP contribution in [0.2, 0.25) is 0 Å². The van der Waals surface area contributed by atoms with E-state index in [1.165, 1.54) is 5.69 Å². The highest BCUT2D eigenvalue weighted by atomic mass is 14.7. The molecule has 0 aliphatic rings. The molecule has 0 saturated heterocycles. The molecule has 1 unspecified atom stereocenters. The summed E-state index contributed by atoms with van der Waals surface area (Å²) in [5, 5.41) is 0. The highest BCUT2D eigenvalue weighted by Crippen LogP contribution is 2.14. The van der Waals surface area contributed by atoms with E-state index in [4.69, 9.17) is 5.73 Å². The normalized spacial score (nSPS) is 13.4. The minimum atomic E-state index is 0.509. The molecule has 2 nitrogen and oxygen atoms in total. The number of nitrogens with two attached hydrogens (primary N) is 1. The topological polar surface area (TPSA) is 41.8 Å². The van der Waals surface area contributed by atoms with Crippen molar-refractivity contribution in [3.05, 3.63) is 24.0 Å². The molecule has 0 saturated carbocycles. The number of aromatic amines is 1. The van der Waals surface area contributed by atoms with Crippen LogP contribution in [0.3, 0.4) is 0 Å². The number of nitrogens with one attached hydrogen (secondary N) is 1. The van der Waals surface area contributed by atoms with Gasteiger partial charge in [0.1, 0.15) is 0 Å². The zero-order valence-electron chi connectivity index (χ0n) is 6.30. The van der Waals surface area contributed by atoms with Crippen LogP contribution in [0.15, 0.2) is 18.3 Å². The summed E-state index contributed by atoms with van der Waals surface area (Å²) < 4.78 is 0. The summed E-state index contributed by atoms with van der Waals surface area (Å²) in [5.41, 5.74) is 6.81. The summed E-state index contributed by atoms with van der Waals surface area (Å²) in [7, 11) is 0. The van der Waals surface area contributed by atoms with E-state index in [0.717, 1.165) is 13.0 Å². The lowest BCUT2D eigenvalue weighted by atomic mass is 10.0. The fourth-order valence-corrected chi connectivity index (χ4v) is 1.11. The Morgan fingerprint density at radius 1 is 1.70 bits per heavy atom. The van der Waals surface area contributed by atoms with Gasteiger partial charge in [-0.05, 0) is 18.6 Å². The van der Waals surface area contributed by atoms with Crippen LogP contribution in [0.5, 0.6) is 0 Å². The highest BCUT2D eigenvalue weighted by molar-refractivity contribution is 5.09. The van der Waals surface area contributed by atoms with Gasteiger partial charge in [0.25, 0.3) is 0 Å². The first-order valence-corrected chi connectivity index (χ1v) is 3.71. The molecular weight excluding hydrogens is 124 g/mol. The Morgan fingerprint density at radius 2 is 2.50 bits per heavy atom. The zero-order valence-corrected chi connectivity index (χ0v) is 6.30. The van der Waals surface area contributed by atoms with Crippen molar-refractivity contribution in [2.75, 3.05) is 6.54 Å². The predicted molar refractivity (Wildman–Crippen MR) is 42.9 cm³/mol. The molecule has 0 spiro atoms. The summed E-state index contributed by atoms with van der Waals surface area (Å²) in [4.78, 5) is 3.16. The molecule has 0 bridgehead atoms. The second kappa shape index (κ2) is 3.42. The van der Waals surface area contributed by atoms with Gasteiger partial charge in [0, 0.05) is 24.4 Å². The lowest BCUT2D eigenvalue weighted by Gasteiger charge is -2.08. The number of hydrogen-bond acceptors (Lipinski definition) is 1. The number of aromatic nitrogens is 1. The predicted octanol–water partition coefficient (Wildman–Crippen LogP) is 1.47. The lowest BCUT2D eigenvalue weighted by molar-refractivity contribution is 0.658. The molecular formula is C8H14N2. The van der Waals surface area contributed by atoms with Crippen LogP contribution in [-0.2, 0) is 0 Å². The second-order valence-electron chi connectivity index (χ2n) is 2.47. The Kier molecular flexibility index (Phi) is 2.51. The number of H-pyrrole nitrogens is 1. The molecule has 0 aromatic carbocycles. The molecule has 0 aliphatic carbocycles. The maximum atomic E-state index is 5.55. The van der Waals surface area contributed by atoms with E-state index >= 15 is 0 Å². The Bertz CT molecular complexity index is 163. The molecule has 1 heterocycles. The van der Waals surface area contributed by atoms with Crippen LogP contribution in [-0.4, -0.2) is 11.5 Å². The van der Waals surface area contributed by atoms with E-state index in [9.17, 15) is 0 Å². The molecule has 10 heavy (non-hydrogen) atoms. The van der Waals surface area contributed by atoms with E-state index in [2.05, 4.69) is 18.0 Å². The van der Waals surface area contributed by atoms with Crippen LogP contribution >= 0.6 is 0 Å². The van der Waals surface area contributed by atoms with Crippen LogP contribution < -0.4 is 5.73 Å². The van der Waals surface area contributed by atoms with Crippen molar-refractivity contribution in [2.45, 2.75) is 19.3 Å². The molecule has 0 amide bonds. The highest BCUT2D eigenvalue weighted by Gasteiger charge is 2.05. The monoisotopic (exact) mass is 138 g/mol. The van der Waals surface area contributed by atoms with Crippen molar-refractivity contribution in [1.29, 1.82) is 0 Å². The summed E-state index contributed by atoms with van der Waals surface area (Å²) in [6, 6.07) is 4.09. The maximum Gasteiger partial charge on any atom is 0.0191 e. The fraction of sp³-hybridized carbons (Fsp3) is 0.500. The van der Waals surface area contributed by atoms with Gasteiger partial charge in [-0.2, -0.15) is 0 Å². The third kappa shape index (κ3) is 1.39. The second-order valence-corrected chi connectivity index (χ2v) is 2.47. The minimum absolute atomic E-state index is 0.509. The molecule has 0 radical (unpaired) electrons. The van der Waals surface area contributed by atoms with Crippen molar-refractivity contribution in [1.82, 2.24) is 4.98 Å². The molecule has 0 fully saturated rings. The number of hydrogen-bond donors (Lipinski definition) is 2. The molecule has 1 aromatic rings. The summed E-state index contributed by atoms with van der Waals surface area (Å²) >= 11 is 0. The van der Waals surface area contributed by atoms with Crippen molar-refractivity contribution in [3.63, 3.8) is 0 Å². The first kappa shape index (κ1) is 7.35. The zero-order chi connectivity index (χ0) is 7.40. The molecule has 1 atom stereocenters. The Hall–Kier alpha value is -0.760. The van der Waals surface area contributed by atoms with E-state index in [-0.39, 0.29) is 0 Å². The van der Waals surface area contributed by atoms with Gasteiger partial charge in [0.05, 0.1) is 0 Å². The van der Waals surface area contributed by atoms with E-state index in [0.29, 0.717) is 5.92 Å². The largest absolute Gasteiger partial charge is 0.365 e. The van der Waals surface area contributed by atoms with Gasteiger partial charge in [-0.1, -0.05) is 6.92 Å². The van der Waals surface area contributed by atoms with Crippen molar-refractivity contribution >= 4 is 0 Å². The summed E-state index contributed by atoms with van der Waals surface area (Å²) in [6.45, 7) is 2.88. The first-order valence-electron chi connectivity index (χ1n) is 3.71. The molecule has 1 rings (SSSR count). The maximum absolute atomic E-state index is 5.55. The minimum Gasteiger partial charge on any atom is -0.365 e. The van der Waals surface area contributed by atoms with Gasteiger partial charge < -0.3 is 10.7 Å². The quantitative estimate of drug-likeness (QED) is 0.652. The Labute approximate surface area is 61.4 Å². The smallest absolute Gasteiger partial charge is 0.0191 e. The van der Waals surface area contributed by atoms with Gasteiger partial charge >= 0.3 is 0 Å². The van der Waals surface area contributed by atoms with Gasteiger partial charge in [0.15, 0.2) is 0 Å². The summed E-state index contributed by atoms with van der Waals surface area (Å²) in [5.74, 6) is 0.509. The van der Waals surface area contributed by atoms with E-state index < -0.39 is 0 Å². The first-order chi connectivity index (χ1) is 4.88. The SMILES string of the molecule is CCC(CN)c1ccc[nH]1. The average molecular weight is 138 g/mol. The third-order valence-electron chi connectivity index (χ3n) is 1.84. The van der Waals surface area contributed by atoms with Crippen LogP contribution in [0.1, 0.15) is 25.0 Å².